The molecule has 0 saturated carbocycles. The van der Waals surface area contributed by atoms with Gasteiger partial charge in [-0.1, -0.05) is 36.4 Å². The second kappa shape index (κ2) is 6.74. The first-order chi connectivity index (χ1) is 8.27. The molecule has 0 aliphatic heterocycles. The van der Waals surface area contributed by atoms with Crippen molar-refractivity contribution in [3.05, 3.63) is 60.3 Å². The van der Waals surface area contributed by atoms with Crippen LogP contribution in [0.2, 0.25) is 0 Å². The zero-order valence-corrected chi connectivity index (χ0v) is 10.3. The van der Waals surface area contributed by atoms with Gasteiger partial charge in [0, 0.05) is 6.07 Å². The molecule has 0 fully saturated rings. The highest BCUT2D eigenvalue weighted by atomic mass is 35.5. The molecule has 5 heteroatoms. The molecule has 2 rings (SSSR count). The summed E-state index contributed by atoms with van der Waals surface area (Å²) in [6, 6.07) is 14.1. The minimum Gasteiger partial charge on any atom is -1.00 e. The normalized spacial score (nSPS) is 11.2. The Morgan fingerprint density at radius 2 is 1.78 bits per heavy atom. The maximum absolute atomic E-state index is 11.7. The van der Waals surface area contributed by atoms with Crippen LogP contribution < -0.4 is 22.7 Å². The molecular formula is C13H13ClN2O2. The highest BCUT2D eigenvalue weighted by molar-refractivity contribution is 5.93. The number of aliphatic hydroxyl groups excluding tert-OH is 1. The number of carbonyl (C=O) groups is 1. The summed E-state index contributed by atoms with van der Waals surface area (Å²) < 4.78 is 0. The number of hydrogen-bond acceptors (Lipinski definition) is 2. The minimum atomic E-state index is -1.16. The van der Waals surface area contributed by atoms with E-state index in [4.69, 9.17) is 0 Å². The van der Waals surface area contributed by atoms with Crippen molar-refractivity contribution in [2.45, 2.75) is 6.10 Å². The van der Waals surface area contributed by atoms with Gasteiger partial charge in [-0.25, -0.2) is 15.1 Å². The number of nitrogens with one attached hydrogen (secondary N) is 2. The van der Waals surface area contributed by atoms with Crippen LogP contribution in [-0.4, -0.2) is 11.0 Å². The van der Waals surface area contributed by atoms with E-state index < -0.39 is 12.0 Å². The SMILES string of the molecule is O=C(Nc1cccc[nH+]1)C(O)c1ccccc1.[Cl-]. The lowest BCUT2D eigenvalue weighted by atomic mass is 10.1. The summed E-state index contributed by atoms with van der Waals surface area (Å²) in [4.78, 5) is 14.6. The molecule has 94 valence electrons. The standard InChI is InChI=1S/C13H12N2O2.ClH/c16-12(10-6-2-1-3-7-10)13(17)15-11-8-4-5-9-14-11;/h1-9,12,16H,(H,14,15,17);1H. The third-order valence-corrected chi connectivity index (χ3v) is 2.33. The molecule has 1 amide bonds. The Morgan fingerprint density at radius 1 is 1.11 bits per heavy atom. The van der Waals surface area contributed by atoms with Crippen LogP contribution in [-0.2, 0) is 4.79 Å². The molecule has 0 aliphatic rings. The van der Waals surface area contributed by atoms with Crippen molar-refractivity contribution in [1.29, 1.82) is 0 Å². The molecule has 1 atom stereocenters. The molecule has 1 aromatic heterocycles. The number of amides is 1. The van der Waals surface area contributed by atoms with Gasteiger partial charge in [-0.3, -0.25) is 0 Å². The summed E-state index contributed by atoms with van der Waals surface area (Å²) >= 11 is 0. The second-order valence-corrected chi connectivity index (χ2v) is 3.58. The predicted molar refractivity (Wildman–Crippen MR) is 63.0 cm³/mol. The fourth-order valence-corrected chi connectivity index (χ4v) is 1.46. The molecule has 4 nitrogen and oxygen atoms in total. The Labute approximate surface area is 111 Å². The molecule has 0 bridgehead atoms. The van der Waals surface area contributed by atoms with Crippen molar-refractivity contribution in [2.24, 2.45) is 0 Å². The van der Waals surface area contributed by atoms with Crippen molar-refractivity contribution in [3.63, 3.8) is 0 Å². The maximum atomic E-state index is 11.7. The van der Waals surface area contributed by atoms with Gasteiger partial charge in [-0.2, -0.15) is 0 Å². The average molecular weight is 265 g/mol. The number of aromatic amines is 1. The van der Waals surface area contributed by atoms with Gasteiger partial charge in [-0.05, 0) is 11.6 Å². The van der Waals surface area contributed by atoms with Crippen LogP contribution in [0.5, 0.6) is 0 Å². The summed E-state index contributed by atoms with van der Waals surface area (Å²) in [5.41, 5.74) is 0.570. The minimum absolute atomic E-state index is 0. The number of halogens is 1. The van der Waals surface area contributed by atoms with Crippen LogP contribution in [0.3, 0.4) is 0 Å². The quantitative estimate of drug-likeness (QED) is 0.686. The Kier molecular flexibility index (Phi) is 5.30. The molecule has 2 aromatic rings. The van der Waals surface area contributed by atoms with Crippen LogP contribution >= 0.6 is 0 Å². The van der Waals surface area contributed by atoms with Gasteiger partial charge in [0.2, 0.25) is 0 Å². The molecule has 1 aromatic carbocycles. The van der Waals surface area contributed by atoms with E-state index in [1.807, 2.05) is 12.1 Å². The van der Waals surface area contributed by atoms with E-state index in [0.29, 0.717) is 11.4 Å². The van der Waals surface area contributed by atoms with E-state index in [1.165, 1.54) is 0 Å². The van der Waals surface area contributed by atoms with Crippen molar-refractivity contribution >= 4 is 11.7 Å². The van der Waals surface area contributed by atoms with E-state index in [0.717, 1.165) is 0 Å². The molecule has 0 saturated heterocycles. The van der Waals surface area contributed by atoms with Crippen LogP contribution in [0.1, 0.15) is 11.7 Å². The van der Waals surface area contributed by atoms with Gasteiger partial charge in [0.1, 0.15) is 0 Å². The van der Waals surface area contributed by atoms with Gasteiger partial charge >= 0.3 is 5.91 Å². The lowest BCUT2D eigenvalue weighted by molar-refractivity contribution is -0.360. The number of benzene rings is 1. The Hall–Kier alpha value is -1.91. The number of pyridine rings is 1. The molecule has 0 radical (unpaired) electrons. The first-order valence-corrected chi connectivity index (χ1v) is 5.28. The fraction of sp³-hybridized carbons (Fsp3) is 0.0769. The number of rotatable bonds is 3. The number of carbonyl (C=O) groups excluding carboxylic acids is 1. The van der Waals surface area contributed by atoms with Crippen molar-refractivity contribution in [3.8, 4) is 0 Å². The Bertz CT molecular complexity index is 491. The van der Waals surface area contributed by atoms with Gasteiger partial charge in [0.05, 0.1) is 6.20 Å². The van der Waals surface area contributed by atoms with Crippen molar-refractivity contribution in [1.82, 2.24) is 0 Å². The van der Waals surface area contributed by atoms with Crippen molar-refractivity contribution in [2.75, 3.05) is 5.32 Å². The summed E-state index contributed by atoms with van der Waals surface area (Å²) in [7, 11) is 0. The monoisotopic (exact) mass is 264 g/mol. The second-order valence-electron chi connectivity index (χ2n) is 3.58. The van der Waals surface area contributed by atoms with Gasteiger partial charge in [0.25, 0.3) is 5.82 Å². The van der Waals surface area contributed by atoms with E-state index in [1.54, 1.807) is 42.6 Å². The Balaban J connectivity index is 0.00000162. The molecule has 1 heterocycles. The van der Waals surface area contributed by atoms with Gasteiger partial charge < -0.3 is 17.5 Å². The smallest absolute Gasteiger partial charge is 0.340 e. The molecule has 0 spiro atoms. The largest absolute Gasteiger partial charge is 1.00 e. The summed E-state index contributed by atoms with van der Waals surface area (Å²) in [6.45, 7) is 0. The number of hydrogen-bond donors (Lipinski definition) is 2. The third kappa shape index (κ3) is 3.55. The van der Waals surface area contributed by atoms with Gasteiger partial charge in [0.15, 0.2) is 6.10 Å². The van der Waals surface area contributed by atoms with Crippen molar-refractivity contribution < 1.29 is 27.3 Å². The fourth-order valence-electron chi connectivity index (χ4n) is 1.46. The zero-order valence-electron chi connectivity index (χ0n) is 9.51. The van der Waals surface area contributed by atoms with E-state index in [-0.39, 0.29) is 12.4 Å². The van der Waals surface area contributed by atoms with Gasteiger partial charge in [-0.15, -0.1) is 0 Å². The number of anilines is 1. The summed E-state index contributed by atoms with van der Waals surface area (Å²) in [6.07, 6.45) is 0.537. The van der Waals surface area contributed by atoms with Crippen LogP contribution in [0.4, 0.5) is 5.82 Å². The molecule has 0 aliphatic carbocycles. The molecule has 1 unspecified atom stereocenters. The molecule has 18 heavy (non-hydrogen) atoms. The van der Waals surface area contributed by atoms with E-state index in [9.17, 15) is 9.90 Å². The highest BCUT2D eigenvalue weighted by Crippen LogP contribution is 2.13. The first kappa shape index (κ1) is 14.2. The molecular weight excluding hydrogens is 252 g/mol. The van der Waals surface area contributed by atoms with Crippen LogP contribution in [0, 0.1) is 0 Å². The summed E-state index contributed by atoms with van der Waals surface area (Å²) in [5, 5.41) is 12.4. The maximum Gasteiger partial charge on any atom is 0.340 e. The highest BCUT2D eigenvalue weighted by Gasteiger charge is 2.21. The first-order valence-electron chi connectivity index (χ1n) is 5.28. The van der Waals surface area contributed by atoms with Crippen LogP contribution in [0.15, 0.2) is 54.7 Å². The van der Waals surface area contributed by atoms with E-state index in [2.05, 4.69) is 10.3 Å². The average Bonchev–Trinajstić information content (AvgIpc) is 2.40. The molecule has 3 N–H and O–H groups in total. The zero-order chi connectivity index (χ0) is 12.1. The lowest BCUT2D eigenvalue weighted by Gasteiger charge is -2.06. The van der Waals surface area contributed by atoms with E-state index >= 15 is 0 Å². The van der Waals surface area contributed by atoms with Crippen LogP contribution in [0.25, 0.3) is 0 Å². The lowest BCUT2D eigenvalue weighted by Crippen LogP contribution is -3.00. The number of aromatic nitrogens is 1. The number of H-pyrrole nitrogens is 1. The predicted octanol–water partition coefficient (Wildman–Crippen LogP) is -1.82. The third-order valence-electron chi connectivity index (χ3n) is 2.33. The number of aliphatic hydroxyl groups is 1. The summed E-state index contributed by atoms with van der Waals surface area (Å²) in [5.74, 6) is 0.0890. The Morgan fingerprint density at radius 3 is 2.39 bits per heavy atom. The topological polar surface area (TPSA) is 63.5 Å².